The SMILES string of the molecule is CNC(Cc1cccc(F)c1Br)c1cccc(F)c1. The molecule has 1 atom stereocenters. The first kappa shape index (κ1) is 14.2. The number of nitrogens with one attached hydrogen (secondary N) is 1. The summed E-state index contributed by atoms with van der Waals surface area (Å²) in [6, 6.07) is 11.3. The summed E-state index contributed by atoms with van der Waals surface area (Å²) in [7, 11) is 1.81. The summed E-state index contributed by atoms with van der Waals surface area (Å²) in [4.78, 5) is 0. The molecule has 0 saturated carbocycles. The molecule has 0 aliphatic rings. The van der Waals surface area contributed by atoms with Crippen molar-refractivity contribution in [1.82, 2.24) is 5.32 Å². The Morgan fingerprint density at radius 2 is 1.89 bits per heavy atom. The Bertz CT molecular complexity index is 572. The lowest BCUT2D eigenvalue weighted by Crippen LogP contribution is -2.19. The van der Waals surface area contributed by atoms with E-state index in [0.29, 0.717) is 10.9 Å². The van der Waals surface area contributed by atoms with Crippen molar-refractivity contribution in [1.29, 1.82) is 0 Å². The first-order chi connectivity index (χ1) is 9.11. The molecule has 0 bridgehead atoms. The third-order valence-corrected chi connectivity index (χ3v) is 3.94. The second kappa shape index (κ2) is 6.26. The van der Waals surface area contributed by atoms with E-state index in [1.165, 1.54) is 18.2 Å². The van der Waals surface area contributed by atoms with Gasteiger partial charge >= 0.3 is 0 Å². The van der Waals surface area contributed by atoms with E-state index >= 15 is 0 Å². The van der Waals surface area contributed by atoms with Gasteiger partial charge in [0.2, 0.25) is 0 Å². The molecule has 0 fully saturated rings. The molecule has 1 nitrogen and oxygen atoms in total. The average molecular weight is 326 g/mol. The fourth-order valence-corrected chi connectivity index (χ4v) is 2.46. The smallest absolute Gasteiger partial charge is 0.137 e. The minimum Gasteiger partial charge on any atom is -0.313 e. The standard InChI is InChI=1S/C15H14BrF2N/c1-19-14(10-4-2-6-12(17)8-10)9-11-5-3-7-13(18)15(11)16/h2-8,14,19H,9H2,1H3. The molecule has 1 unspecified atom stereocenters. The maximum Gasteiger partial charge on any atom is 0.137 e. The Balaban J connectivity index is 2.26. The lowest BCUT2D eigenvalue weighted by Gasteiger charge is -2.18. The zero-order chi connectivity index (χ0) is 13.8. The van der Waals surface area contributed by atoms with E-state index in [1.807, 2.05) is 19.2 Å². The van der Waals surface area contributed by atoms with Gasteiger partial charge in [0, 0.05) is 6.04 Å². The number of hydrogen-bond donors (Lipinski definition) is 1. The monoisotopic (exact) mass is 325 g/mol. The molecule has 2 rings (SSSR count). The van der Waals surface area contributed by atoms with Crippen LogP contribution in [-0.2, 0) is 6.42 Å². The van der Waals surface area contributed by atoms with Crippen LogP contribution in [0.15, 0.2) is 46.9 Å². The molecule has 0 aliphatic heterocycles. The summed E-state index contributed by atoms with van der Waals surface area (Å²) in [5.74, 6) is -0.553. The van der Waals surface area contributed by atoms with Crippen molar-refractivity contribution < 1.29 is 8.78 Å². The summed E-state index contributed by atoms with van der Waals surface area (Å²) >= 11 is 3.25. The third kappa shape index (κ3) is 3.39. The minimum atomic E-state index is -0.286. The van der Waals surface area contributed by atoms with E-state index in [2.05, 4.69) is 21.2 Å². The Morgan fingerprint density at radius 3 is 2.58 bits per heavy atom. The fraction of sp³-hybridized carbons (Fsp3) is 0.200. The summed E-state index contributed by atoms with van der Waals surface area (Å²) < 4.78 is 27.2. The number of rotatable bonds is 4. The summed E-state index contributed by atoms with van der Waals surface area (Å²) in [5, 5.41) is 3.13. The largest absolute Gasteiger partial charge is 0.313 e. The van der Waals surface area contributed by atoms with Crippen molar-refractivity contribution in [2.24, 2.45) is 0 Å². The summed E-state index contributed by atoms with van der Waals surface area (Å²) in [5.41, 5.74) is 1.70. The molecule has 0 aliphatic carbocycles. The fourth-order valence-electron chi connectivity index (χ4n) is 2.04. The first-order valence-electron chi connectivity index (χ1n) is 5.97. The topological polar surface area (TPSA) is 12.0 Å². The van der Waals surface area contributed by atoms with E-state index in [-0.39, 0.29) is 17.7 Å². The second-order valence-electron chi connectivity index (χ2n) is 4.31. The maximum absolute atomic E-state index is 13.5. The molecule has 0 saturated heterocycles. The van der Waals surface area contributed by atoms with Crippen LogP contribution in [0.2, 0.25) is 0 Å². The molecule has 2 aromatic carbocycles. The van der Waals surface area contributed by atoms with Gasteiger partial charge in [-0.25, -0.2) is 8.78 Å². The van der Waals surface area contributed by atoms with Crippen LogP contribution in [-0.4, -0.2) is 7.05 Å². The molecule has 0 aromatic heterocycles. The van der Waals surface area contributed by atoms with E-state index in [1.54, 1.807) is 12.1 Å². The van der Waals surface area contributed by atoms with Crippen LogP contribution < -0.4 is 5.32 Å². The highest BCUT2D eigenvalue weighted by molar-refractivity contribution is 9.10. The molecule has 19 heavy (non-hydrogen) atoms. The van der Waals surface area contributed by atoms with Crippen molar-refractivity contribution in [3.05, 3.63) is 69.7 Å². The zero-order valence-electron chi connectivity index (χ0n) is 10.5. The number of hydrogen-bond acceptors (Lipinski definition) is 1. The number of halogens is 3. The molecule has 0 heterocycles. The average Bonchev–Trinajstić information content (AvgIpc) is 2.40. The highest BCUT2D eigenvalue weighted by Gasteiger charge is 2.14. The Kier molecular flexibility index (Phi) is 4.66. The van der Waals surface area contributed by atoms with E-state index in [0.717, 1.165) is 11.1 Å². The normalized spacial score (nSPS) is 12.4. The number of likely N-dealkylation sites (N-methyl/N-ethyl adjacent to an activating group) is 1. The predicted molar refractivity (Wildman–Crippen MR) is 76.0 cm³/mol. The van der Waals surface area contributed by atoms with E-state index in [4.69, 9.17) is 0 Å². The molecule has 2 aromatic rings. The molecule has 100 valence electrons. The highest BCUT2D eigenvalue weighted by atomic mass is 79.9. The van der Waals surface area contributed by atoms with Crippen molar-refractivity contribution in [3.63, 3.8) is 0 Å². The summed E-state index contributed by atoms with van der Waals surface area (Å²) in [6.45, 7) is 0. The van der Waals surface area contributed by atoms with Crippen molar-refractivity contribution >= 4 is 15.9 Å². The van der Waals surface area contributed by atoms with Crippen LogP contribution in [0.4, 0.5) is 8.78 Å². The molecular weight excluding hydrogens is 312 g/mol. The maximum atomic E-state index is 13.5. The van der Waals surface area contributed by atoms with Crippen LogP contribution in [0.5, 0.6) is 0 Å². The second-order valence-corrected chi connectivity index (χ2v) is 5.11. The van der Waals surface area contributed by atoms with Gasteiger partial charge in [-0.2, -0.15) is 0 Å². The molecule has 0 radical (unpaired) electrons. The van der Waals surface area contributed by atoms with Crippen LogP contribution in [0.25, 0.3) is 0 Å². The summed E-state index contributed by atoms with van der Waals surface area (Å²) in [6.07, 6.45) is 0.582. The van der Waals surface area contributed by atoms with Gasteiger partial charge in [0.15, 0.2) is 0 Å². The predicted octanol–water partition coefficient (Wildman–Crippen LogP) is 4.23. The Hall–Kier alpha value is -1.26. The van der Waals surface area contributed by atoms with Crippen LogP contribution >= 0.6 is 15.9 Å². The van der Waals surface area contributed by atoms with Crippen molar-refractivity contribution in [2.45, 2.75) is 12.5 Å². The molecule has 1 N–H and O–H groups in total. The van der Waals surface area contributed by atoms with Crippen molar-refractivity contribution in [3.8, 4) is 0 Å². The number of benzene rings is 2. The lowest BCUT2D eigenvalue weighted by atomic mass is 9.99. The molecule has 4 heteroatoms. The van der Waals surface area contributed by atoms with Gasteiger partial charge in [-0.3, -0.25) is 0 Å². The van der Waals surface area contributed by atoms with Crippen LogP contribution in [0.1, 0.15) is 17.2 Å². The van der Waals surface area contributed by atoms with Crippen LogP contribution in [0.3, 0.4) is 0 Å². The molecular formula is C15H14BrF2N. The van der Waals surface area contributed by atoms with Gasteiger partial charge in [-0.15, -0.1) is 0 Å². The van der Waals surface area contributed by atoms with Crippen LogP contribution in [0, 0.1) is 11.6 Å². The molecule has 0 amide bonds. The van der Waals surface area contributed by atoms with Gasteiger partial charge < -0.3 is 5.32 Å². The quantitative estimate of drug-likeness (QED) is 0.887. The van der Waals surface area contributed by atoms with Gasteiger partial charge in [-0.05, 0) is 58.7 Å². The van der Waals surface area contributed by atoms with Gasteiger partial charge in [0.05, 0.1) is 4.47 Å². The van der Waals surface area contributed by atoms with Gasteiger partial charge in [0.1, 0.15) is 11.6 Å². The van der Waals surface area contributed by atoms with Crippen molar-refractivity contribution in [2.75, 3.05) is 7.05 Å². The van der Waals surface area contributed by atoms with E-state index < -0.39 is 0 Å². The Labute approximate surface area is 119 Å². The van der Waals surface area contributed by atoms with Gasteiger partial charge in [0.25, 0.3) is 0 Å². The zero-order valence-corrected chi connectivity index (χ0v) is 12.0. The third-order valence-electron chi connectivity index (χ3n) is 3.06. The highest BCUT2D eigenvalue weighted by Crippen LogP contribution is 2.26. The lowest BCUT2D eigenvalue weighted by molar-refractivity contribution is 0.570. The first-order valence-corrected chi connectivity index (χ1v) is 6.76. The van der Waals surface area contributed by atoms with E-state index in [9.17, 15) is 8.78 Å². The minimum absolute atomic E-state index is 0.0613. The van der Waals surface area contributed by atoms with Gasteiger partial charge in [-0.1, -0.05) is 24.3 Å². The Morgan fingerprint density at radius 1 is 1.16 bits per heavy atom. The molecule has 0 spiro atoms.